The van der Waals surface area contributed by atoms with E-state index in [0.717, 1.165) is 5.82 Å². The lowest BCUT2D eigenvalue weighted by Gasteiger charge is -2.08. The topological polar surface area (TPSA) is 134 Å². The summed E-state index contributed by atoms with van der Waals surface area (Å²) in [6, 6.07) is 7.56. The van der Waals surface area contributed by atoms with Gasteiger partial charge in [-0.2, -0.15) is 5.10 Å². The number of imidazole rings is 1. The van der Waals surface area contributed by atoms with Gasteiger partial charge in [-0.3, -0.25) is 19.5 Å². The van der Waals surface area contributed by atoms with Gasteiger partial charge in [0.2, 0.25) is 0 Å². The molecule has 0 aliphatic rings. The standard InChI is InChI=1S/C18H14N8O3/c1-12-20-6-7-24(12)17-5-3-14(9-21-17)23-18(27)13-2-4-15(16(8-13)26(28)29)25-11-19-10-22-25/h2-11H,1H3,(H,23,27). The largest absolute Gasteiger partial charge is 0.321 e. The van der Waals surface area contributed by atoms with Crippen LogP contribution in [0.3, 0.4) is 0 Å². The van der Waals surface area contributed by atoms with Gasteiger partial charge in [-0.15, -0.1) is 0 Å². The highest BCUT2D eigenvalue weighted by Crippen LogP contribution is 2.24. The van der Waals surface area contributed by atoms with Gasteiger partial charge >= 0.3 is 0 Å². The molecule has 0 saturated carbocycles. The Bertz CT molecular complexity index is 1180. The van der Waals surface area contributed by atoms with Crippen LogP contribution in [0.5, 0.6) is 0 Å². The van der Waals surface area contributed by atoms with Crippen molar-refractivity contribution >= 4 is 17.3 Å². The number of hydrogen-bond acceptors (Lipinski definition) is 7. The van der Waals surface area contributed by atoms with Crippen molar-refractivity contribution in [2.24, 2.45) is 0 Å². The van der Waals surface area contributed by atoms with Crippen LogP contribution in [-0.4, -0.2) is 40.1 Å². The van der Waals surface area contributed by atoms with E-state index in [1.807, 2.05) is 6.92 Å². The van der Waals surface area contributed by atoms with Crippen LogP contribution in [0.1, 0.15) is 16.2 Å². The first-order valence-electron chi connectivity index (χ1n) is 8.44. The minimum atomic E-state index is -0.572. The number of nitrogens with zero attached hydrogens (tertiary/aromatic N) is 7. The molecule has 4 aromatic rings. The van der Waals surface area contributed by atoms with E-state index in [0.29, 0.717) is 11.5 Å². The number of benzene rings is 1. The summed E-state index contributed by atoms with van der Waals surface area (Å²) >= 11 is 0. The molecule has 0 bridgehead atoms. The number of aryl methyl sites for hydroxylation is 1. The zero-order chi connectivity index (χ0) is 20.4. The number of amides is 1. The monoisotopic (exact) mass is 390 g/mol. The normalized spacial score (nSPS) is 10.7. The van der Waals surface area contributed by atoms with E-state index in [-0.39, 0.29) is 16.9 Å². The molecule has 0 saturated heterocycles. The van der Waals surface area contributed by atoms with Crippen LogP contribution in [-0.2, 0) is 0 Å². The van der Waals surface area contributed by atoms with Crippen molar-refractivity contribution in [2.75, 3.05) is 5.32 Å². The number of aromatic nitrogens is 6. The third-order valence-corrected chi connectivity index (χ3v) is 4.18. The molecule has 1 N–H and O–H groups in total. The average molecular weight is 390 g/mol. The van der Waals surface area contributed by atoms with E-state index in [4.69, 9.17) is 0 Å². The summed E-state index contributed by atoms with van der Waals surface area (Å²) in [7, 11) is 0. The first-order chi connectivity index (χ1) is 14.0. The first kappa shape index (κ1) is 18.0. The van der Waals surface area contributed by atoms with Crippen molar-refractivity contribution in [3.63, 3.8) is 0 Å². The van der Waals surface area contributed by atoms with Gasteiger partial charge in [-0.1, -0.05) is 0 Å². The third kappa shape index (κ3) is 3.56. The quantitative estimate of drug-likeness (QED) is 0.408. The fourth-order valence-electron chi connectivity index (χ4n) is 2.76. The van der Waals surface area contributed by atoms with E-state index >= 15 is 0 Å². The van der Waals surface area contributed by atoms with Gasteiger partial charge in [0.05, 0.1) is 16.8 Å². The van der Waals surface area contributed by atoms with E-state index in [1.165, 1.54) is 41.7 Å². The second-order valence-corrected chi connectivity index (χ2v) is 6.00. The molecule has 0 aliphatic heterocycles. The van der Waals surface area contributed by atoms with Gasteiger partial charge in [-0.25, -0.2) is 19.6 Å². The lowest BCUT2D eigenvalue weighted by atomic mass is 10.1. The van der Waals surface area contributed by atoms with Crippen LogP contribution in [0.2, 0.25) is 0 Å². The number of pyridine rings is 1. The molecule has 11 heteroatoms. The zero-order valence-corrected chi connectivity index (χ0v) is 15.1. The van der Waals surface area contributed by atoms with Crippen LogP contribution >= 0.6 is 0 Å². The summed E-state index contributed by atoms with van der Waals surface area (Å²) in [5, 5.41) is 18.0. The van der Waals surface area contributed by atoms with E-state index in [1.54, 1.807) is 29.1 Å². The highest BCUT2D eigenvalue weighted by atomic mass is 16.6. The minimum absolute atomic E-state index is 0.134. The van der Waals surface area contributed by atoms with Crippen molar-refractivity contribution in [1.29, 1.82) is 0 Å². The molecular formula is C18H14N8O3. The number of anilines is 1. The molecule has 0 radical (unpaired) electrons. The average Bonchev–Trinajstić information content (AvgIpc) is 3.40. The van der Waals surface area contributed by atoms with Gasteiger partial charge in [-0.05, 0) is 31.2 Å². The van der Waals surface area contributed by atoms with Gasteiger partial charge < -0.3 is 5.32 Å². The molecule has 0 aliphatic carbocycles. The molecule has 29 heavy (non-hydrogen) atoms. The molecule has 144 valence electrons. The first-order valence-corrected chi connectivity index (χ1v) is 8.44. The fraction of sp³-hybridized carbons (Fsp3) is 0.0556. The zero-order valence-electron chi connectivity index (χ0n) is 15.1. The Morgan fingerprint density at radius 1 is 1.21 bits per heavy atom. The number of carbonyl (C=O) groups excluding carboxylic acids is 1. The van der Waals surface area contributed by atoms with Crippen LogP contribution < -0.4 is 5.32 Å². The molecule has 0 unspecified atom stereocenters. The molecule has 1 amide bonds. The van der Waals surface area contributed by atoms with Crippen molar-refractivity contribution in [2.45, 2.75) is 6.92 Å². The SMILES string of the molecule is Cc1nccn1-c1ccc(NC(=O)c2ccc(-n3cncn3)c([N+](=O)[O-])c2)cn1. The van der Waals surface area contributed by atoms with Crippen LogP contribution in [0.15, 0.2) is 61.6 Å². The van der Waals surface area contributed by atoms with E-state index in [9.17, 15) is 14.9 Å². The lowest BCUT2D eigenvalue weighted by Crippen LogP contribution is -2.13. The van der Waals surface area contributed by atoms with Crippen LogP contribution in [0.4, 0.5) is 11.4 Å². The second-order valence-electron chi connectivity index (χ2n) is 6.00. The molecule has 0 atom stereocenters. The summed E-state index contributed by atoms with van der Waals surface area (Å²) in [5.74, 6) is 0.950. The predicted molar refractivity (Wildman–Crippen MR) is 102 cm³/mol. The van der Waals surface area contributed by atoms with Crippen molar-refractivity contribution in [1.82, 2.24) is 29.3 Å². The summed E-state index contributed by atoms with van der Waals surface area (Å²) in [6.07, 6.45) is 7.57. The Morgan fingerprint density at radius 3 is 2.69 bits per heavy atom. The molecule has 0 spiro atoms. The summed E-state index contributed by atoms with van der Waals surface area (Å²) in [6.45, 7) is 1.85. The molecule has 1 aromatic carbocycles. The van der Waals surface area contributed by atoms with Gasteiger partial charge in [0.25, 0.3) is 11.6 Å². The maximum Gasteiger partial charge on any atom is 0.295 e. The maximum atomic E-state index is 12.5. The van der Waals surface area contributed by atoms with E-state index in [2.05, 4.69) is 25.4 Å². The lowest BCUT2D eigenvalue weighted by molar-refractivity contribution is -0.384. The number of hydrogen-bond donors (Lipinski definition) is 1. The molecular weight excluding hydrogens is 376 g/mol. The number of nitro benzene ring substituents is 1. The highest BCUT2D eigenvalue weighted by Gasteiger charge is 2.19. The van der Waals surface area contributed by atoms with Crippen LogP contribution in [0, 0.1) is 17.0 Å². The Labute approximate surface area is 163 Å². The predicted octanol–water partition coefficient (Wildman–Crippen LogP) is 2.32. The van der Waals surface area contributed by atoms with Crippen molar-refractivity contribution in [3.8, 4) is 11.5 Å². The summed E-state index contributed by atoms with van der Waals surface area (Å²) in [5.41, 5.74) is 0.549. The minimum Gasteiger partial charge on any atom is -0.321 e. The van der Waals surface area contributed by atoms with E-state index < -0.39 is 10.8 Å². The highest BCUT2D eigenvalue weighted by molar-refractivity contribution is 6.04. The third-order valence-electron chi connectivity index (χ3n) is 4.18. The fourth-order valence-corrected chi connectivity index (χ4v) is 2.76. The summed E-state index contributed by atoms with van der Waals surface area (Å²) in [4.78, 5) is 35.6. The number of rotatable bonds is 5. The second kappa shape index (κ2) is 7.31. The van der Waals surface area contributed by atoms with Crippen LogP contribution in [0.25, 0.3) is 11.5 Å². The Kier molecular flexibility index (Phi) is 4.53. The maximum absolute atomic E-state index is 12.5. The number of carbonyl (C=O) groups is 1. The van der Waals surface area contributed by atoms with Gasteiger partial charge in [0.1, 0.15) is 30.0 Å². The van der Waals surface area contributed by atoms with Gasteiger partial charge in [0, 0.05) is 24.0 Å². The molecule has 11 nitrogen and oxygen atoms in total. The van der Waals surface area contributed by atoms with Crippen molar-refractivity contribution < 1.29 is 9.72 Å². The smallest absolute Gasteiger partial charge is 0.295 e. The number of nitrogens with one attached hydrogen (secondary N) is 1. The molecule has 0 fully saturated rings. The molecule has 4 rings (SSSR count). The Hall–Kier alpha value is -4.41. The molecule has 3 heterocycles. The molecule has 3 aromatic heterocycles. The Balaban J connectivity index is 1.56. The van der Waals surface area contributed by atoms with Gasteiger partial charge in [0.15, 0.2) is 0 Å². The number of nitro groups is 1. The summed E-state index contributed by atoms with van der Waals surface area (Å²) < 4.78 is 3.07. The Morgan fingerprint density at radius 2 is 2.07 bits per heavy atom. The van der Waals surface area contributed by atoms with Crippen molar-refractivity contribution in [3.05, 3.63) is 83.1 Å².